The van der Waals surface area contributed by atoms with Gasteiger partial charge >= 0.3 is 0 Å². The Labute approximate surface area is 89.4 Å². The van der Waals surface area contributed by atoms with Crippen LogP contribution in [0.4, 0.5) is 0 Å². The number of hydrogen-bond donors (Lipinski definition) is 1. The van der Waals surface area contributed by atoms with Crippen LogP contribution in [-0.2, 0) is 0 Å². The van der Waals surface area contributed by atoms with Gasteiger partial charge < -0.3 is 10.2 Å². The second kappa shape index (κ2) is 6.88. The molecule has 0 aromatic carbocycles. The molecule has 0 rings (SSSR count). The fourth-order valence-corrected chi connectivity index (χ4v) is 1.36. The van der Waals surface area contributed by atoms with E-state index in [2.05, 4.69) is 51.4 Å². The summed E-state index contributed by atoms with van der Waals surface area (Å²) in [7, 11) is 0. The third-order valence-electron chi connectivity index (χ3n) is 2.13. The minimum atomic E-state index is 0.532. The molecule has 0 saturated heterocycles. The van der Waals surface area contributed by atoms with Gasteiger partial charge in [-0.05, 0) is 12.8 Å². The fourth-order valence-electron chi connectivity index (χ4n) is 1.36. The molecule has 14 heavy (non-hydrogen) atoms. The fraction of sp³-hybridized carbons (Fsp3) is 0.833. The zero-order valence-electron chi connectivity index (χ0n) is 10.4. The summed E-state index contributed by atoms with van der Waals surface area (Å²) in [6, 6.07) is 0.532. The summed E-state index contributed by atoms with van der Waals surface area (Å²) in [4.78, 5) is 2.35. The van der Waals surface area contributed by atoms with Crippen LogP contribution >= 0.6 is 0 Å². The van der Waals surface area contributed by atoms with Gasteiger partial charge in [0.15, 0.2) is 0 Å². The Morgan fingerprint density at radius 2 is 1.86 bits per heavy atom. The molecule has 84 valence electrons. The Kier molecular flexibility index (Phi) is 6.64. The first-order valence-corrected chi connectivity index (χ1v) is 5.63. The zero-order chi connectivity index (χ0) is 11.1. The van der Waals surface area contributed by atoms with Crippen LogP contribution in [0.1, 0.15) is 34.6 Å². The summed E-state index contributed by atoms with van der Waals surface area (Å²) < 4.78 is 0. The predicted octanol–water partition coefficient (Wildman–Crippen LogP) is 2.48. The van der Waals surface area contributed by atoms with Gasteiger partial charge in [0.25, 0.3) is 0 Å². The van der Waals surface area contributed by atoms with Crippen LogP contribution in [0.5, 0.6) is 0 Å². The van der Waals surface area contributed by atoms with Gasteiger partial charge in [-0.25, -0.2) is 0 Å². The topological polar surface area (TPSA) is 15.3 Å². The highest BCUT2D eigenvalue weighted by Gasteiger charge is 2.07. The molecule has 0 aromatic heterocycles. The minimum Gasteiger partial charge on any atom is -0.374 e. The molecule has 0 atom stereocenters. The van der Waals surface area contributed by atoms with E-state index in [1.807, 2.05) is 0 Å². The average molecular weight is 198 g/mol. The normalized spacial score (nSPS) is 11.1. The summed E-state index contributed by atoms with van der Waals surface area (Å²) in [5, 5.41) is 3.39. The molecule has 0 aromatic rings. The van der Waals surface area contributed by atoms with E-state index in [1.165, 1.54) is 5.70 Å². The molecule has 0 unspecified atom stereocenters. The second-order valence-electron chi connectivity index (χ2n) is 4.53. The van der Waals surface area contributed by atoms with Crippen molar-refractivity contribution in [1.82, 2.24) is 10.2 Å². The van der Waals surface area contributed by atoms with Crippen molar-refractivity contribution >= 4 is 0 Å². The van der Waals surface area contributed by atoms with Crippen molar-refractivity contribution < 1.29 is 0 Å². The second-order valence-corrected chi connectivity index (χ2v) is 4.53. The van der Waals surface area contributed by atoms with E-state index in [-0.39, 0.29) is 0 Å². The van der Waals surface area contributed by atoms with Crippen LogP contribution < -0.4 is 5.32 Å². The van der Waals surface area contributed by atoms with E-state index < -0.39 is 0 Å². The first-order valence-electron chi connectivity index (χ1n) is 5.63. The minimum absolute atomic E-state index is 0.532. The summed E-state index contributed by atoms with van der Waals surface area (Å²) in [6.07, 6.45) is 0. The monoisotopic (exact) mass is 198 g/mol. The van der Waals surface area contributed by atoms with Gasteiger partial charge in [-0.3, -0.25) is 0 Å². The molecule has 0 radical (unpaired) electrons. The van der Waals surface area contributed by atoms with Crippen LogP contribution in [0, 0.1) is 5.92 Å². The highest BCUT2D eigenvalue weighted by Crippen LogP contribution is 2.05. The maximum atomic E-state index is 4.11. The zero-order valence-corrected chi connectivity index (χ0v) is 10.4. The van der Waals surface area contributed by atoms with Crippen molar-refractivity contribution in [1.29, 1.82) is 0 Å². The Bertz CT molecular complexity index is 162. The third kappa shape index (κ3) is 6.03. The first kappa shape index (κ1) is 13.5. The molecule has 0 spiro atoms. The molecule has 0 aliphatic rings. The molecule has 2 nitrogen and oxygen atoms in total. The van der Waals surface area contributed by atoms with E-state index in [0.717, 1.165) is 19.6 Å². The van der Waals surface area contributed by atoms with Gasteiger partial charge in [-0.2, -0.15) is 0 Å². The van der Waals surface area contributed by atoms with Gasteiger partial charge in [0.05, 0.1) is 0 Å². The molecule has 0 saturated carbocycles. The van der Waals surface area contributed by atoms with Crippen molar-refractivity contribution in [2.75, 3.05) is 19.6 Å². The smallest absolute Gasteiger partial charge is 0.0352 e. The van der Waals surface area contributed by atoms with Crippen LogP contribution in [0.25, 0.3) is 0 Å². The van der Waals surface area contributed by atoms with E-state index in [0.29, 0.717) is 12.0 Å². The number of hydrogen-bond acceptors (Lipinski definition) is 2. The first-order chi connectivity index (χ1) is 6.47. The lowest BCUT2D eigenvalue weighted by molar-refractivity contribution is 0.309. The van der Waals surface area contributed by atoms with Gasteiger partial charge in [0, 0.05) is 31.4 Å². The van der Waals surface area contributed by atoms with Crippen molar-refractivity contribution in [2.24, 2.45) is 5.92 Å². The molecule has 0 amide bonds. The Morgan fingerprint density at radius 1 is 1.29 bits per heavy atom. The van der Waals surface area contributed by atoms with E-state index in [9.17, 15) is 0 Å². The SMILES string of the molecule is C=C(CNC(C)C)N(CC)CC(C)C. The number of nitrogens with one attached hydrogen (secondary N) is 1. The molecule has 0 aliphatic heterocycles. The van der Waals surface area contributed by atoms with E-state index in [1.54, 1.807) is 0 Å². The molecule has 2 heteroatoms. The summed E-state index contributed by atoms with van der Waals surface area (Å²) in [6.45, 7) is 18.2. The maximum Gasteiger partial charge on any atom is 0.0352 e. The predicted molar refractivity (Wildman–Crippen MR) is 64.4 cm³/mol. The summed E-state index contributed by atoms with van der Waals surface area (Å²) in [5.74, 6) is 0.700. The highest BCUT2D eigenvalue weighted by molar-refractivity contribution is 4.96. The molecule has 1 N–H and O–H groups in total. The van der Waals surface area contributed by atoms with E-state index >= 15 is 0 Å². The lowest BCUT2D eigenvalue weighted by Gasteiger charge is -2.27. The summed E-state index contributed by atoms with van der Waals surface area (Å²) >= 11 is 0. The molecule has 0 bridgehead atoms. The number of likely N-dealkylation sites (N-methyl/N-ethyl adjacent to an activating group) is 1. The van der Waals surface area contributed by atoms with Crippen LogP contribution in [-0.4, -0.2) is 30.6 Å². The van der Waals surface area contributed by atoms with Gasteiger partial charge in [0.1, 0.15) is 0 Å². The highest BCUT2D eigenvalue weighted by atomic mass is 15.1. The molecular weight excluding hydrogens is 172 g/mol. The molecule has 0 aliphatic carbocycles. The van der Waals surface area contributed by atoms with E-state index in [4.69, 9.17) is 0 Å². The van der Waals surface area contributed by atoms with Gasteiger partial charge in [0.2, 0.25) is 0 Å². The van der Waals surface area contributed by atoms with Gasteiger partial charge in [-0.15, -0.1) is 0 Å². The van der Waals surface area contributed by atoms with Crippen molar-refractivity contribution in [3.05, 3.63) is 12.3 Å². The Balaban J connectivity index is 3.92. The summed E-state index contributed by atoms with van der Waals surface area (Å²) in [5.41, 5.74) is 1.20. The molecule has 0 fully saturated rings. The van der Waals surface area contributed by atoms with Crippen molar-refractivity contribution in [3.8, 4) is 0 Å². The standard InChI is InChI=1S/C12H26N2/c1-7-14(9-10(2)3)12(6)8-13-11(4)5/h10-11,13H,6-9H2,1-5H3. The lowest BCUT2D eigenvalue weighted by Crippen LogP contribution is -2.34. The van der Waals surface area contributed by atoms with Crippen LogP contribution in [0.15, 0.2) is 12.3 Å². The number of nitrogens with zero attached hydrogens (tertiary/aromatic N) is 1. The number of rotatable bonds is 7. The molecular formula is C12H26N2. The Hall–Kier alpha value is -0.500. The van der Waals surface area contributed by atoms with Crippen molar-refractivity contribution in [2.45, 2.75) is 40.7 Å². The van der Waals surface area contributed by atoms with Crippen molar-refractivity contribution in [3.63, 3.8) is 0 Å². The average Bonchev–Trinajstić information content (AvgIpc) is 2.09. The lowest BCUT2D eigenvalue weighted by atomic mass is 10.2. The Morgan fingerprint density at radius 3 is 2.21 bits per heavy atom. The quantitative estimate of drug-likeness (QED) is 0.676. The van der Waals surface area contributed by atoms with Crippen LogP contribution in [0.2, 0.25) is 0 Å². The third-order valence-corrected chi connectivity index (χ3v) is 2.13. The molecule has 0 heterocycles. The van der Waals surface area contributed by atoms with Crippen LogP contribution in [0.3, 0.4) is 0 Å². The maximum absolute atomic E-state index is 4.11. The largest absolute Gasteiger partial charge is 0.374 e. The van der Waals surface area contributed by atoms with Gasteiger partial charge in [-0.1, -0.05) is 34.3 Å².